The van der Waals surface area contributed by atoms with Gasteiger partial charge in [-0.3, -0.25) is 0 Å². The molecule has 0 aliphatic carbocycles. The quantitative estimate of drug-likeness (QED) is 0.527. The van der Waals surface area contributed by atoms with Gasteiger partial charge in [-0.15, -0.1) is 11.3 Å². The number of hydrogen-bond donors (Lipinski definition) is 0. The summed E-state index contributed by atoms with van der Waals surface area (Å²) < 4.78 is 16.7. The van der Waals surface area contributed by atoms with Crippen LogP contribution in [0.3, 0.4) is 0 Å². The highest BCUT2D eigenvalue weighted by Gasteiger charge is 2.15. The molecular formula is C17H11ClFN3S. The standard InChI is InChI=1S/C17H11ClFN3S/c18-16-6-5-11(23-16)9-22-8-7-14-15(10-22)21-17(20-14)12-3-1-2-4-13(12)19/h1-8,10H,9H2. The summed E-state index contributed by atoms with van der Waals surface area (Å²) in [6.07, 6.45) is 3.86. The van der Waals surface area contributed by atoms with Crippen molar-refractivity contribution in [3.63, 3.8) is 0 Å². The SMILES string of the molecule is Fc1ccccc1-c1nc2ccn(Cc3ccc(Cl)s3)cc-2n1. The number of fused-ring (bicyclic) bond motifs is 1. The van der Waals surface area contributed by atoms with Gasteiger partial charge in [-0.2, -0.15) is 0 Å². The van der Waals surface area contributed by atoms with Crippen LogP contribution in [0.4, 0.5) is 4.39 Å². The molecule has 0 spiro atoms. The number of nitrogens with zero attached hydrogens (tertiary/aromatic N) is 3. The van der Waals surface area contributed by atoms with Crippen LogP contribution < -0.4 is 0 Å². The average molecular weight is 344 g/mol. The number of aromatic nitrogens is 3. The molecule has 6 heteroatoms. The molecule has 4 rings (SSSR count). The summed E-state index contributed by atoms with van der Waals surface area (Å²) in [6.45, 7) is 0.717. The van der Waals surface area contributed by atoms with Gasteiger partial charge >= 0.3 is 0 Å². The highest BCUT2D eigenvalue weighted by Crippen LogP contribution is 2.27. The Balaban J connectivity index is 1.70. The zero-order chi connectivity index (χ0) is 15.8. The van der Waals surface area contributed by atoms with E-state index in [0.717, 1.165) is 27.1 Å². The lowest BCUT2D eigenvalue weighted by atomic mass is 10.2. The summed E-state index contributed by atoms with van der Waals surface area (Å²) in [5.74, 6) is 0.0962. The maximum Gasteiger partial charge on any atom is 0.163 e. The summed E-state index contributed by atoms with van der Waals surface area (Å²) in [5.41, 5.74) is 1.91. The number of thiophene rings is 1. The molecule has 0 saturated heterocycles. The molecule has 1 aromatic heterocycles. The maximum atomic E-state index is 13.9. The Kier molecular flexibility index (Phi) is 3.59. The second kappa shape index (κ2) is 5.76. The van der Waals surface area contributed by atoms with Crippen LogP contribution in [0.2, 0.25) is 4.34 Å². The van der Waals surface area contributed by atoms with Gasteiger partial charge in [0.15, 0.2) is 5.82 Å². The van der Waals surface area contributed by atoms with E-state index >= 15 is 0 Å². The van der Waals surface area contributed by atoms with Crippen LogP contribution in [0.5, 0.6) is 0 Å². The molecule has 114 valence electrons. The molecule has 2 aliphatic heterocycles. The van der Waals surface area contributed by atoms with Crippen LogP contribution in [-0.2, 0) is 6.54 Å². The Morgan fingerprint density at radius 3 is 2.65 bits per heavy atom. The first kappa shape index (κ1) is 14.4. The van der Waals surface area contributed by atoms with Crippen molar-refractivity contribution in [1.82, 2.24) is 14.5 Å². The van der Waals surface area contributed by atoms with Gasteiger partial charge in [-0.05, 0) is 30.3 Å². The zero-order valence-corrected chi connectivity index (χ0v) is 13.5. The van der Waals surface area contributed by atoms with E-state index in [4.69, 9.17) is 11.6 Å². The molecule has 0 atom stereocenters. The summed E-state index contributed by atoms with van der Waals surface area (Å²) in [5, 5.41) is 0. The minimum absolute atomic E-state index is 0.316. The first-order valence-corrected chi connectivity index (χ1v) is 8.21. The predicted octanol–water partition coefficient (Wildman–Crippen LogP) is 4.95. The second-order valence-corrected chi connectivity index (χ2v) is 6.92. The van der Waals surface area contributed by atoms with Crippen molar-refractivity contribution >= 4 is 22.9 Å². The van der Waals surface area contributed by atoms with E-state index in [9.17, 15) is 4.39 Å². The van der Waals surface area contributed by atoms with E-state index in [1.54, 1.807) is 29.5 Å². The molecule has 23 heavy (non-hydrogen) atoms. The monoisotopic (exact) mass is 343 g/mol. The van der Waals surface area contributed by atoms with Gasteiger partial charge in [0.2, 0.25) is 0 Å². The summed E-state index contributed by atoms with van der Waals surface area (Å²) >= 11 is 7.51. The average Bonchev–Trinajstić information content (AvgIpc) is 3.13. The molecule has 0 N–H and O–H groups in total. The number of hydrogen-bond acceptors (Lipinski definition) is 3. The smallest absolute Gasteiger partial charge is 0.163 e. The number of halogens is 2. The Hall–Kier alpha value is -2.24. The van der Waals surface area contributed by atoms with Gasteiger partial charge < -0.3 is 4.57 Å². The van der Waals surface area contributed by atoms with Crippen LogP contribution in [0.1, 0.15) is 4.88 Å². The first-order valence-electron chi connectivity index (χ1n) is 7.02. The second-order valence-electron chi connectivity index (χ2n) is 5.12. The molecule has 0 radical (unpaired) electrons. The summed E-state index contributed by atoms with van der Waals surface area (Å²) in [6, 6.07) is 12.3. The molecule has 2 aromatic rings. The third kappa shape index (κ3) is 2.85. The lowest BCUT2D eigenvalue weighted by Crippen LogP contribution is -1.99. The van der Waals surface area contributed by atoms with E-state index < -0.39 is 0 Å². The van der Waals surface area contributed by atoms with E-state index in [1.165, 1.54) is 6.07 Å². The highest BCUT2D eigenvalue weighted by atomic mass is 35.5. The molecule has 3 nitrogen and oxygen atoms in total. The molecule has 2 aliphatic rings. The summed E-state index contributed by atoms with van der Waals surface area (Å²) in [7, 11) is 0. The van der Waals surface area contributed by atoms with Gasteiger partial charge in [0.25, 0.3) is 0 Å². The predicted molar refractivity (Wildman–Crippen MR) is 90.5 cm³/mol. The Morgan fingerprint density at radius 2 is 1.87 bits per heavy atom. The van der Waals surface area contributed by atoms with Gasteiger partial charge in [0, 0.05) is 17.3 Å². The molecular weight excluding hydrogens is 333 g/mol. The van der Waals surface area contributed by atoms with Crippen molar-refractivity contribution in [2.24, 2.45) is 0 Å². The zero-order valence-electron chi connectivity index (χ0n) is 11.9. The summed E-state index contributed by atoms with van der Waals surface area (Å²) in [4.78, 5) is 10.0. The molecule has 0 saturated carbocycles. The van der Waals surface area contributed by atoms with Crippen molar-refractivity contribution in [2.75, 3.05) is 0 Å². The molecule has 0 bridgehead atoms. The third-order valence-corrected chi connectivity index (χ3v) is 4.73. The van der Waals surface area contributed by atoms with Crippen molar-refractivity contribution in [3.05, 3.63) is 69.9 Å². The Bertz CT molecular complexity index is 947. The van der Waals surface area contributed by atoms with E-state index in [-0.39, 0.29) is 5.82 Å². The molecule has 0 fully saturated rings. The first-order chi connectivity index (χ1) is 11.2. The molecule has 0 amide bonds. The van der Waals surface area contributed by atoms with Crippen LogP contribution >= 0.6 is 22.9 Å². The van der Waals surface area contributed by atoms with Crippen molar-refractivity contribution in [1.29, 1.82) is 0 Å². The topological polar surface area (TPSA) is 30.7 Å². The number of benzene rings is 1. The normalized spacial score (nSPS) is 11.2. The largest absolute Gasteiger partial charge is 0.347 e. The molecule has 3 heterocycles. The molecule has 0 unspecified atom stereocenters. The lowest BCUT2D eigenvalue weighted by molar-refractivity contribution is 0.630. The van der Waals surface area contributed by atoms with Crippen LogP contribution in [0.15, 0.2) is 54.9 Å². The van der Waals surface area contributed by atoms with E-state index in [0.29, 0.717) is 11.4 Å². The van der Waals surface area contributed by atoms with Crippen LogP contribution in [0, 0.1) is 5.82 Å². The minimum Gasteiger partial charge on any atom is -0.347 e. The fourth-order valence-electron chi connectivity index (χ4n) is 2.43. The number of pyridine rings is 1. The van der Waals surface area contributed by atoms with Gasteiger partial charge in [-0.25, -0.2) is 14.4 Å². The van der Waals surface area contributed by atoms with Crippen molar-refractivity contribution < 1.29 is 4.39 Å². The molecule has 1 aromatic carbocycles. The van der Waals surface area contributed by atoms with Gasteiger partial charge in [0.1, 0.15) is 11.5 Å². The van der Waals surface area contributed by atoms with Gasteiger partial charge in [0.05, 0.1) is 22.1 Å². The number of rotatable bonds is 3. The Morgan fingerprint density at radius 1 is 1.04 bits per heavy atom. The van der Waals surface area contributed by atoms with E-state index in [1.807, 2.05) is 35.2 Å². The fraction of sp³-hybridized carbons (Fsp3) is 0.0588. The minimum atomic E-state index is -0.316. The van der Waals surface area contributed by atoms with Crippen molar-refractivity contribution in [2.45, 2.75) is 6.54 Å². The van der Waals surface area contributed by atoms with Crippen LogP contribution in [-0.4, -0.2) is 14.5 Å². The number of imidazole rings is 1. The highest BCUT2D eigenvalue weighted by molar-refractivity contribution is 7.16. The fourth-order valence-corrected chi connectivity index (χ4v) is 3.53. The van der Waals surface area contributed by atoms with Crippen molar-refractivity contribution in [3.8, 4) is 22.8 Å². The third-order valence-electron chi connectivity index (χ3n) is 3.51. The lowest BCUT2D eigenvalue weighted by Gasteiger charge is -2.05. The Labute approximate surface area is 141 Å². The van der Waals surface area contributed by atoms with E-state index in [2.05, 4.69) is 9.97 Å². The maximum absolute atomic E-state index is 13.9. The van der Waals surface area contributed by atoms with Crippen LogP contribution in [0.25, 0.3) is 22.8 Å². The van der Waals surface area contributed by atoms with Gasteiger partial charge in [-0.1, -0.05) is 23.7 Å².